The zero-order valence-electron chi connectivity index (χ0n) is 39.2. The number of allylic oxidation sites excluding steroid dienone is 5. The van der Waals surface area contributed by atoms with Crippen LogP contribution in [0.1, 0.15) is 77.8 Å². The molecule has 0 aromatic heterocycles. The fourth-order valence-corrected chi connectivity index (χ4v) is 12.4. The Labute approximate surface area is 401 Å². The molecule has 0 amide bonds. The van der Waals surface area contributed by atoms with Gasteiger partial charge in [-0.1, -0.05) is 207 Å². The number of rotatable bonds is 9. The van der Waals surface area contributed by atoms with Crippen LogP contribution in [0, 0.1) is 0 Å². The van der Waals surface area contributed by atoms with Crippen LogP contribution in [0.4, 0.5) is 17.1 Å². The third-order valence-electron chi connectivity index (χ3n) is 15.8. The molecule has 0 saturated heterocycles. The van der Waals surface area contributed by atoms with Gasteiger partial charge in [0.1, 0.15) is 0 Å². The lowest BCUT2D eigenvalue weighted by Crippen LogP contribution is -2.24. The maximum atomic E-state index is 4.41. The second-order valence-electron chi connectivity index (χ2n) is 19.2. The summed E-state index contributed by atoms with van der Waals surface area (Å²) in [7, 11) is 0. The molecule has 3 aliphatic carbocycles. The number of benzene rings is 9. The lowest BCUT2D eigenvalue weighted by Gasteiger charge is -2.33. The van der Waals surface area contributed by atoms with E-state index in [0.29, 0.717) is 0 Å². The van der Waals surface area contributed by atoms with Crippen LogP contribution in [0.15, 0.2) is 249 Å². The van der Waals surface area contributed by atoms with E-state index in [4.69, 9.17) is 0 Å². The fourth-order valence-electron chi connectivity index (χ4n) is 12.4. The van der Waals surface area contributed by atoms with Crippen molar-refractivity contribution in [3.8, 4) is 33.4 Å². The van der Waals surface area contributed by atoms with Crippen LogP contribution < -0.4 is 4.90 Å². The molecular weight excluding hydrogens is 819 g/mol. The summed E-state index contributed by atoms with van der Waals surface area (Å²) in [6, 6.07) is 81.4. The Bertz CT molecular complexity index is 3500. The summed E-state index contributed by atoms with van der Waals surface area (Å²) >= 11 is 0. The van der Waals surface area contributed by atoms with Crippen LogP contribution in [-0.4, -0.2) is 0 Å². The zero-order valence-corrected chi connectivity index (χ0v) is 39.2. The molecule has 0 spiro atoms. The maximum absolute atomic E-state index is 4.41. The minimum absolute atomic E-state index is 0.268. The average molecular weight is 872 g/mol. The van der Waals surface area contributed by atoms with Crippen molar-refractivity contribution in [3.63, 3.8) is 0 Å². The van der Waals surface area contributed by atoms with Crippen molar-refractivity contribution < 1.29 is 0 Å². The SMILES string of the molecule is C=CC1=C(C=CC)c2ccc(N(c3ccc(-c4cccc5c4-c4ccccc4C5(C)c4ccccc4)cc3)c3ccc4c(c3)C(C)(c3ccccc3)c3ccccc3-4)cc2C1(C)c1ccccc1. The number of fused-ring (bicyclic) bond motifs is 7. The molecule has 68 heavy (non-hydrogen) atoms. The molecule has 0 aliphatic heterocycles. The monoisotopic (exact) mass is 871 g/mol. The average Bonchev–Trinajstić information content (AvgIpc) is 3.93. The van der Waals surface area contributed by atoms with E-state index in [9.17, 15) is 0 Å². The summed E-state index contributed by atoms with van der Waals surface area (Å²) in [5.41, 5.74) is 24.1. The first-order valence-electron chi connectivity index (χ1n) is 24.0. The Hall–Kier alpha value is -8.00. The van der Waals surface area contributed by atoms with Crippen LogP contribution >= 0.6 is 0 Å². The van der Waals surface area contributed by atoms with E-state index in [1.807, 2.05) is 0 Å². The molecule has 3 unspecified atom stereocenters. The molecule has 0 radical (unpaired) electrons. The number of hydrogen-bond donors (Lipinski definition) is 0. The molecule has 3 aliphatic rings. The van der Waals surface area contributed by atoms with E-state index in [0.717, 1.165) is 17.1 Å². The molecule has 9 aromatic carbocycles. The van der Waals surface area contributed by atoms with Gasteiger partial charge in [0.25, 0.3) is 0 Å². The number of anilines is 3. The van der Waals surface area contributed by atoms with Gasteiger partial charge in [-0.25, -0.2) is 0 Å². The van der Waals surface area contributed by atoms with Gasteiger partial charge in [0, 0.05) is 33.3 Å². The summed E-state index contributed by atoms with van der Waals surface area (Å²) in [4.78, 5) is 2.47. The van der Waals surface area contributed by atoms with E-state index >= 15 is 0 Å². The predicted molar refractivity (Wildman–Crippen MR) is 286 cm³/mol. The highest BCUT2D eigenvalue weighted by atomic mass is 15.1. The smallest absolute Gasteiger partial charge is 0.0465 e. The Morgan fingerprint density at radius 1 is 0.382 bits per heavy atom. The maximum Gasteiger partial charge on any atom is 0.0465 e. The molecular formula is C67H53N. The Kier molecular flexibility index (Phi) is 9.64. The van der Waals surface area contributed by atoms with Crippen LogP contribution in [0.2, 0.25) is 0 Å². The van der Waals surface area contributed by atoms with Crippen LogP contribution in [0.3, 0.4) is 0 Å². The summed E-state index contributed by atoms with van der Waals surface area (Å²) in [6.07, 6.45) is 6.47. The highest BCUT2D eigenvalue weighted by Crippen LogP contribution is 2.58. The van der Waals surface area contributed by atoms with Gasteiger partial charge in [-0.05, 0) is 159 Å². The van der Waals surface area contributed by atoms with E-state index in [2.05, 4.69) is 276 Å². The Balaban J connectivity index is 1.05. The highest BCUT2D eigenvalue weighted by molar-refractivity contribution is 5.96. The van der Waals surface area contributed by atoms with Crippen molar-refractivity contribution in [1.82, 2.24) is 0 Å². The van der Waals surface area contributed by atoms with Crippen molar-refractivity contribution in [3.05, 3.63) is 299 Å². The standard InChI is InChI=1S/C67H53N/c1-6-22-53-55-41-39-50(43-62(55)65(3,58(53)7-2)46-23-11-8-12-24-46)68(51-40-42-56-54-29-17-19-32-59(54)67(5,63(56)44-51)48-27-15-10-16-28-48)49-37-35-45(36-38-49)52-31-21-34-61-64(52)57-30-18-20-33-60(57)66(61,4)47-25-13-9-14-26-47/h6-44H,2H2,1,3-5H3. The Morgan fingerprint density at radius 2 is 0.824 bits per heavy atom. The van der Waals surface area contributed by atoms with Gasteiger partial charge in [-0.3, -0.25) is 0 Å². The molecule has 9 aromatic rings. The molecule has 326 valence electrons. The van der Waals surface area contributed by atoms with E-state index < -0.39 is 5.41 Å². The van der Waals surface area contributed by atoms with Gasteiger partial charge < -0.3 is 4.90 Å². The third kappa shape index (κ3) is 5.88. The topological polar surface area (TPSA) is 3.24 Å². The molecule has 0 saturated carbocycles. The van der Waals surface area contributed by atoms with Gasteiger partial charge in [-0.2, -0.15) is 0 Å². The van der Waals surface area contributed by atoms with Crippen molar-refractivity contribution in [1.29, 1.82) is 0 Å². The van der Waals surface area contributed by atoms with Gasteiger partial charge in [0.05, 0.1) is 0 Å². The minimum Gasteiger partial charge on any atom is -0.310 e. The predicted octanol–water partition coefficient (Wildman–Crippen LogP) is 17.3. The molecule has 1 heteroatoms. The molecule has 12 rings (SSSR count). The highest BCUT2D eigenvalue weighted by Gasteiger charge is 2.44. The minimum atomic E-state index is -0.414. The van der Waals surface area contributed by atoms with Crippen molar-refractivity contribution in [2.45, 2.75) is 43.9 Å². The van der Waals surface area contributed by atoms with Crippen molar-refractivity contribution in [2.24, 2.45) is 0 Å². The van der Waals surface area contributed by atoms with E-state index in [-0.39, 0.29) is 10.8 Å². The first kappa shape index (κ1) is 41.4. The summed E-state index contributed by atoms with van der Waals surface area (Å²) in [6.45, 7) is 13.7. The van der Waals surface area contributed by atoms with Gasteiger partial charge in [0.15, 0.2) is 0 Å². The molecule has 1 nitrogen and oxygen atoms in total. The second-order valence-corrected chi connectivity index (χ2v) is 19.2. The number of hydrogen-bond acceptors (Lipinski definition) is 1. The molecule has 0 N–H and O–H groups in total. The van der Waals surface area contributed by atoms with E-state index in [1.54, 1.807) is 0 Å². The Morgan fingerprint density at radius 3 is 1.41 bits per heavy atom. The summed E-state index contributed by atoms with van der Waals surface area (Å²) in [5, 5.41) is 0. The van der Waals surface area contributed by atoms with Crippen molar-refractivity contribution in [2.75, 3.05) is 4.90 Å². The van der Waals surface area contributed by atoms with Gasteiger partial charge in [0.2, 0.25) is 0 Å². The van der Waals surface area contributed by atoms with Crippen LogP contribution in [-0.2, 0) is 16.2 Å². The normalized spacial score (nSPS) is 19.6. The van der Waals surface area contributed by atoms with Crippen LogP contribution in [0.5, 0.6) is 0 Å². The lowest BCUT2D eigenvalue weighted by molar-refractivity contribution is 0.707. The van der Waals surface area contributed by atoms with E-state index in [1.165, 1.54) is 94.6 Å². The molecule has 3 atom stereocenters. The second kappa shape index (κ2) is 15.8. The molecule has 0 fully saturated rings. The zero-order chi connectivity index (χ0) is 46.2. The quantitative estimate of drug-likeness (QED) is 0.140. The molecule has 0 bridgehead atoms. The van der Waals surface area contributed by atoms with Crippen molar-refractivity contribution >= 4 is 22.6 Å². The van der Waals surface area contributed by atoms with Crippen LogP contribution in [0.25, 0.3) is 39.0 Å². The molecule has 0 heterocycles. The van der Waals surface area contributed by atoms with Gasteiger partial charge >= 0.3 is 0 Å². The third-order valence-corrected chi connectivity index (χ3v) is 15.8. The number of nitrogens with zero attached hydrogens (tertiary/aromatic N) is 1. The first-order valence-corrected chi connectivity index (χ1v) is 24.0. The summed E-state index contributed by atoms with van der Waals surface area (Å²) < 4.78 is 0. The first-order chi connectivity index (χ1) is 33.3. The summed E-state index contributed by atoms with van der Waals surface area (Å²) in [5.74, 6) is 0. The fraction of sp³-hybridized carbons (Fsp3) is 0.104. The largest absolute Gasteiger partial charge is 0.310 e. The lowest BCUT2D eigenvalue weighted by atomic mass is 9.73. The van der Waals surface area contributed by atoms with Gasteiger partial charge in [-0.15, -0.1) is 0 Å².